The Morgan fingerprint density at radius 2 is 1.79 bits per heavy atom. The highest BCUT2D eigenvalue weighted by Gasteiger charge is 2.12. The van der Waals surface area contributed by atoms with Gasteiger partial charge in [0, 0.05) is 30.4 Å². The fraction of sp³-hybridized carbons (Fsp3) is 0.250. The van der Waals surface area contributed by atoms with E-state index in [-0.39, 0.29) is 6.10 Å². The molecule has 1 atom stereocenters. The molecule has 0 aliphatic carbocycles. The van der Waals surface area contributed by atoms with Crippen molar-refractivity contribution in [2.75, 3.05) is 6.54 Å². The number of hydrogen-bond donors (Lipinski definition) is 2. The van der Waals surface area contributed by atoms with Crippen LogP contribution in [0, 0.1) is 6.92 Å². The van der Waals surface area contributed by atoms with Gasteiger partial charge in [-0.15, -0.1) is 0 Å². The zero-order valence-electron chi connectivity index (χ0n) is 14.1. The summed E-state index contributed by atoms with van der Waals surface area (Å²) in [6.45, 7) is 5.09. The van der Waals surface area contributed by atoms with E-state index < -0.39 is 0 Å². The van der Waals surface area contributed by atoms with Crippen molar-refractivity contribution in [2.24, 2.45) is 0 Å². The third-order valence-corrected chi connectivity index (χ3v) is 3.89. The third kappa shape index (κ3) is 3.91. The van der Waals surface area contributed by atoms with E-state index in [0.717, 1.165) is 22.5 Å². The number of hydrogen-bond acceptors (Lipinski definition) is 3. The van der Waals surface area contributed by atoms with Crippen molar-refractivity contribution in [3.63, 3.8) is 0 Å². The summed E-state index contributed by atoms with van der Waals surface area (Å²) in [7, 11) is 0. The Morgan fingerprint density at radius 3 is 2.46 bits per heavy atom. The fourth-order valence-corrected chi connectivity index (χ4v) is 2.62. The number of nitrogens with one attached hydrogen (secondary N) is 1. The van der Waals surface area contributed by atoms with Crippen LogP contribution in [0.15, 0.2) is 60.8 Å². The lowest BCUT2D eigenvalue weighted by Gasteiger charge is -2.07. The number of para-hydroxylation sites is 1. The highest BCUT2D eigenvalue weighted by Crippen LogP contribution is 2.24. The van der Waals surface area contributed by atoms with Gasteiger partial charge in [0.05, 0.1) is 17.5 Å². The van der Waals surface area contributed by atoms with Crippen LogP contribution < -0.4 is 5.32 Å². The predicted octanol–water partition coefficient (Wildman–Crippen LogP) is 3.32. The van der Waals surface area contributed by atoms with E-state index in [1.54, 1.807) is 6.92 Å². The fourth-order valence-electron chi connectivity index (χ4n) is 2.62. The maximum atomic E-state index is 9.45. The molecule has 1 aromatic heterocycles. The molecule has 3 aromatic rings. The molecular formula is C20H23N3O. The van der Waals surface area contributed by atoms with Crippen LogP contribution in [0.1, 0.15) is 18.1 Å². The summed E-state index contributed by atoms with van der Waals surface area (Å²) >= 11 is 0. The number of benzene rings is 2. The van der Waals surface area contributed by atoms with Gasteiger partial charge in [0.2, 0.25) is 0 Å². The molecule has 1 heterocycles. The van der Waals surface area contributed by atoms with E-state index in [9.17, 15) is 5.11 Å². The van der Waals surface area contributed by atoms with Crippen molar-refractivity contribution < 1.29 is 5.11 Å². The van der Waals surface area contributed by atoms with Gasteiger partial charge in [0.15, 0.2) is 0 Å². The molecule has 0 aliphatic heterocycles. The summed E-state index contributed by atoms with van der Waals surface area (Å²) in [6.07, 6.45) is 1.69. The lowest BCUT2D eigenvalue weighted by molar-refractivity contribution is 0.191. The lowest BCUT2D eigenvalue weighted by atomic mass is 10.1. The topological polar surface area (TPSA) is 50.1 Å². The first-order valence-corrected chi connectivity index (χ1v) is 8.23. The number of aryl methyl sites for hydroxylation is 1. The summed E-state index contributed by atoms with van der Waals surface area (Å²) in [5.74, 6) is 0. The summed E-state index contributed by atoms with van der Waals surface area (Å²) in [4.78, 5) is 0. The van der Waals surface area contributed by atoms with Gasteiger partial charge in [0.1, 0.15) is 0 Å². The Hall–Kier alpha value is -2.43. The molecular weight excluding hydrogens is 298 g/mol. The van der Waals surface area contributed by atoms with Crippen molar-refractivity contribution in [3.05, 3.63) is 71.9 Å². The Morgan fingerprint density at radius 1 is 1.08 bits per heavy atom. The van der Waals surface area contributed by atoms with Gasteiger partial charge in [-0.25, -0.2) is 4.68 Å². The average molecular weight is 321 g/mol. The molecule has 4 heteroatoms. The van der Waals surface area contributed by atoms with Crippen molar-refractivity contribution >= 4 is 0 Å². The number of aliphatic hydroxyl groups is 1. The zero-order chi connectivity index (χ0) is 16.9. The summed E-state index contributed by atoms with van der Waals surface area (Å²) in [5.41, 5.74) is 5.45. The molecule has 0 bridgehead atoms. The van der Waals surface area contributed by atoms with Gasteiger partial charge in [-0.05, 0) is 26.0 Å². The van der Waals surface area contributed by atoms with Gasteiger partial charge < -0.3 is 10.4 Å². The smallest absolute Gasteiger partial charge is 0.0972 e. The second kappa shape index (κ2) is 7.43. The van der Waals surface area contributed by atoms with E-state index in [1.165, 1.54) is 5.56 Å². The minimum atomic E-state index is -0.364. The maximum Gasteiger partial charge on any atom is 0.0972 e. The first-order valence-electron chi connectivity index (χ1n) is 8.23. The molecule has 0 fully saturated rings. The number of aromatic nitrogens is 2. The van der Waals surface area contributed by atoms with Crippen LogP contribution in [-0.2, 0) is 6.54 Å². The molecule has 0 saturated carbocycles. The molecule has 124 valence electrons. The molecule has 1 unspecified atom stereocenters. The van der Waals surface area contributed by atoms with Gasteiger partial charge in [0.25, 0.3) is 0 Å². The second-order valence-corrected chi connectivity index (χ2v) is 6.13. The normalized spacial score (nSPS) is 12.3. The number of nitrogens with zero attached hydrogens (tertiary/aromatic N) is 2. The van der Waals surface area contributed by atoms with Gasteiger partial charge in [-0.2, -0.15) is 5.10 Å². The largest absolute Gasteiger partial charge is 0.392 e. The van der Waals surface area contributed by atoms with Crippen molar-refractivity contribution in [2.45, 2.75) is 26.5 Å². The van der Waals surface area contributed by atoms with Crippen LogP contribution in [0.5, 0.6) is 0 Å². The van der Waals surface area contributed by atoms with Crippen LogP contribution in [0.2, 0.25) is 0 Å². The van der Waals surface area contributed by atoms with E-state index in [4.69, 9.17) is 5.10 Å². The lowest BCUT2D eigenvalue weighted by Crippen LogP contribution is -2.23. The Bertz CT molecular complexity index is 776. The van der Waals surface area contributed by atoms with Crippen LogP contribution in [0.4, 0.5) is 0 Å². The Labute approximate surface area is 142 Å². The quantitative estimate of drug-likeness (QED) is 0.732. The summed E-state index contributed by atoms with van der Waals surface area (Å²) < 4.78 is 1.91. The van der Waals surface area contributed by atoms with Gasteiger partial charge in [-0.1, -0.05) is 48.0 Å². The molecule has 24 heavy (non-hydrogen) atoms. The molecule has 0 saturated heterocycles. The van der Waals surface area contributed by atoms with Crippen LogP contribution in [0.3, 0.4) is 0 Å². The monoisotopic (exact) mass is 321 g/mol. The second-order valence-electron chi connectivity index (χ2n) is 6.13. The first kappa shape index (κ1) is 16.4. The molecule has 3 rings (SSSR count). The Kier molecular flexibility index (Phi) is 5.08. The minimum absolute atomic E-state index is 0.364. The molecule has 0 aliphatic rings. The van der Waals surface area contributed by atoms with Crippen LogP contribution in [-0.4, -0.2) is 27.5 Å². The summed E-state index contributed by atoms with van der Waals surface area (Å²) in [5, 5.41) is 17.5. The van der Waals surface area contributed by atoms with Gasteiger partial charge in [-0.3, -0.25) is 0 Å². The molecule has 0 radical (unpaired) electrons. The molecule has 0 amide bonds. The first-order chi connectivity index (χ1) is 11.6. The van der Waals surface area contributed by atoms with E-state index in [1.807, 2.05) is 35.0 Å². The highest BCUT2D eigenvalue weighted by atomic mass is 16.3. The van der Waals surface area contributed by atoms with Crippen LogP contribution in [0.25, 0.3) is 16.9 Å². The number of rotatable bonds is 6. The SMILES string of the molecule is Cc1ccc(-c2nn(-c3ccccc3)cc2CNCC(C)O)cc1. The summed E-state index contributed by atoms with van der Waals surface area (Å²) in [6, 6.07) is 18.5. The Balaban J connectivity index is 1.95. The van der Waals surface area contributed by atoms with E-state index in [2.05, 4.69) is 42.7 Å². The molecule has 2 aromatic carbocycles. The van der Waals surface area contributed by atoms with E-state index in [0.29, 0.717) is 13.1 Å². The third-order valence-electron chi connectivity index (χ3n) is 3.89. The molecule has 2 N–H and O–H groups in total. The average Bonchev–Trinajstić information content (AvgIpc) is 3.00. The van der Waals surface area contributed by atoms with Crippen molar-refractivity contribution in [3.8, 4) is 16.9 Å². The number of aliphatic hydroxyl groups excluding tert-OH is 1. The zero-order valence-corrected chi connectivity index (χ0v) is 14.1. The standard InChI is InChI=1S/C20H23N3O/c1-15-8-10-17(11-9-15)20-18(13-21-12-16(2)24)14-23(22-20)19-6-4-3-5-7-19/h3-11,14,16,21,24H,12-13H2,1-2H3. The van der Waals surface area contributed by atoms with Crippen LogP contribution >= 0.6 is 0 Å². The maximum absolute atomic E-state index is 9.45. The predicted molar refractivity (Wildman–Crippen MR) is 97.1 cm³/mol. The molecule has 4 nitrogen and oxygen atoms in total. The van der Waals surface area contributed by atoms with Crippen molar-refractivity contribution in [1.29, 1.82) is 0 Å². The minimum Gasteiger partial charge on any atom is -0.392 e. The van der Waals surface area contributed by atoms with Crippen molar-refractivity contribution in [1.82, 2.24) is 15.1 Å². The highest BCUT2D eigenvalue weighted by molar-refractivity contribution is 5.63. The van der Waals surface area contributed by atoms with E-state index >= 15 is 0 Å². The molecule has 0 spiro atoms. The van der Waals surface area contributed by atoms with Gasteiger partial charge >= 0.3 is 0 Å².